The second-order valence-electron chi connectivity index (χ2n) is 9.41. The molecule has 2 N–H and O–H groups in total. The normalized spacial score (nSPS) is 20.3. The molecule has 4 aromatic rings. The number of H-pyrrole nitrogens is 1. The van der Waals surface area contributed by atoms with Crippen molar-refractivity contribution >= 4 is 23.4 Å². The molecule has 31 heavy (non-hydrogen) atoms. The number of benzene rings is 1. The molecule has 0 aliphatic carbocycles. The molecule has 6 heteroatoms. The standard InChI is InChI=1S/C25H27N5.ClH/c1-24(2,18-6-4-3-5-7-18)20-15-28-23-19(20)12-17(14-27-23)21-13-22-25(8-10-26-16-25)9-11-30(22)29-21;/h3-7,12-15,26H,8-11,16H2,1-2H3,(H,27,28);1H. The second-order valence-corrected chi connectivity index (χ2v) is 9.41. The van der Waals surface area contributed by atoms with Gasteiger partial charge in [-0.25, -0.2) is 4.98 Å². The van der Waals surface area contributed by atoms with Crippen molar-refractivity contribution in [3.63, 3.8) is 0 Å². The largest absolute Gasteiger partial charge is 0.346 e. The van der Waals surface area contributed by atoms with Crippen molar-refractivity contribution < 1.29 is 0 Å². The second kappa shape index (κ2) is 7.21. The predicted molar refractivity (Wildman–Crippen MR) is 127 cm³/mol. The number of aromatic nitrogens is 4. The quantitative estimate of drug-likeness (QED) is 0.487. The Hall–Kier alpha value is -2.63. The van der Waals surface area contributed by atoms with E-state index < -0.39 is 0 Å². The summed E-state index contributed by atoms with van der Waals surface area (Å²) in [6.07, 6.45) is 6.48. The fourth-order valence-corrected chi connectivity index (χ4v) is 5.45. The van der Waals surface area contributed by atoms with Crippen LogP contribution in [0, 0.1) is 0 Å². The van der Waals surface area contributed by atoms with Crippen molar-refractivity contribution in [1.29, 1.82) is 0 Å². The van der Waals surface area contributed by atoms with Gasteiger partial charge in [-0.2, -0.15) is 5.10 Å². The van der Waals surface area contributed by atoms with Gasteiger partial charge in [0.05, 0.1) is 5.69 Å². The summed E-state index contributed by atoms with van der Waals surface area (Å²) in [7, 11) is 0. The molecule has 1 spiro atoms. The Morgan fingerprint density at radius 2 is 1.94 bits per heavy atom. The van der Waals surface area contributed by atoms with Gasteiger partial charge in [0.1, 0.15) is 5.65 Å². The molecule has 6 rings (SSSR count). The predicted octanol–water partition coefficient (Wildman–Crippen LogP) is 4.81. The van der Waals surface area contributed by atoms with Crippen molar-refractivity contribution in [1.82, 2.24) is 25.1 Å². The number of nitrogens with zero attached hydrogens (tertiary/aromatic N) is 3. The van der Waals surface area contributed by atoms with Crippen molar-refractivity contribution in [2.24, 2.45) is 0 Å². The number of aromatic amines is 1. The van der Waals surface area contributed by atoms with E-state index in [1.807, 2.05) is 6.20 Å². The van der Waals surface area contributed by atoms with Crippen LogP contribution in [0.2, 0.25) is 0 Å². The highest BCUT2D eigenvalue weighted by molar-refractivity contribution is 5.86. The first-order valence-electron chi connectivity index (χ1n) is 10.9. The zero-order valence-corrected chi connectivity index (χ0v) is 18.8. The first-order chi connectivity index (χ1) is 14.6. The van der Waals surface area contributed by atoms with Crippen LogP contribution in [0.25, 0.3) is 22.3 Å². The Kier molecular flexibility index (Phi) is 4.72. The molecule has 3 aromatic heterocycles. The minimum Gasteiger partial charge on any atom is -0.346 e. The molecule has 0 saturated carbocycles. The van der Waals surface area contributed by atoms with Crippen molar-refractivity contribution in [3.05, 3.63) is 71.7 Å². The Bertz CT molecular complexity index is 1230. The van der Waals surface area contributed by atoms with E-state index in [4.69, 9.17) is 10.1 Å². The van der Waals surface area contributed by atoms with Crippen molar-refractivity contribution in [3.8, 4) is 11.3 Å². The lowest BCUT2D eigenvalue weighted by Gasteiger charge is -2.25. The van der Waals surface area contributed by atoms with E-state index in [1.165, 1.54) is 35.0 Å². The van der Waals surface area contributed by atoms with E-state index in [9.17, 15) is 0 Å². The van der Waals surface area contributed by atoms with Crippen LogP contribution in [0.15, 0.2) is 54.9 Å². The minimum atomic E-state index is -0.116. The maximum Gasteiger partial charge on any atom is 0.137 e. The molecule has 1 aromatic carbocycles. The zero-order valence-electron chi connectivity index (χ0n) is 18.0. The number of hydrogen-bond donors (Lipinski definition) is 2. The fraction of sp³-hybridized carbons (Fsp3) is 0.360. The number of aryl methyl sites for hydroxylation is 1. The average molecular weight is 434 g/mol. The van der Waals surface area contributed by atoms with Gasteiger partial charge in [-0.15, -0.1) is 12.4 Å². The number of pyridine rings is 1. The first-order valence-corrected chi connectivity index (χ1v) is 10.9. The SMILES string of the molecule is CC(C)(c1ccccc1)c1c[nH]c2ncc(-c3cc4n(n3)CCC43CCNC3)cc12.Cl. The highest BCUT2D eigenvalue weighted by Gasteiger charge is 2.42. The third-order valence-electron chi connectivity index (χ3n) is 7.36. The molecule has 5 heterocycles. The van der Waals surface area contributed by atoms with E-state index in [1.54, 1.807) is 0 Å². The summed E-state index contributed by atoms with van der Waals surface area (Å²) < 4.78 is 2.22. The molecule has 2 aliphatic rings. The third-order valence-corrected chi connectivity index (χ3v) is 7.36. The van der Waals surface area contributed by atoms with E-state index in [-0.39, 0.29) is 23.2 Å². The first kappa shape index (κ1) is 20.3. The monoisotopic (exact) mass is 433 g/mol. The van der Waals surface area contributed by atoms with Gasteiger partial charge in [-0.3, -0.25) is 4.68 Å². The van der Waals surface area contributed by atoms with E-state index in [0.717, 1.165) is 36.5 Å². The maximum absolute atomic E-state index is 4.96. The van der Waals surface area contributed by atoms with Crippen LogP contribution < -0.4 is 5.32 Å². The molecular weight excluding hydrogens is 406 g/mol. The van der Waals surface area contributed by atoms with Gasteiger partial charge in [0.15, 0.2) is 0 Å². The Labute approximate surface area is 188 Å². The zero-order chi connectivity index (χ0) is 20.3. The Balaban J connectivity index is 0.00000204. The van der Waals surface area contributed by atoms with E-state index in [0.29, 0.717) is 0 Å². The Morgan fingerprint density at radius 3 is 2.71 bits per heavy atom. The molecule has 0 bridgehead atoms. The van der Waals surface area contributed by atoms with Gasteiger partial charge >= 0.3 is 0 Å². The number of hydrogen-bond acceptors (Lipinski definition) is 3. The lowest BCUT2D eigenvalue weighted by atomic mass is 9.78. The topological polar surface area (TPSA) is 58.5 Å². The van der Waals surface area contributed by atoms with Crippen LogP contribution in [-0.2, 0) is 17.4 Å². The van der Waals surface area contributed by atoms with Crippen LogP contribution in [0.1, 0.15) is 43.5 Å². The lowest BCUT2D eigenvalue weighted by Crippen LogP contribution is -2.25. The maximum atomic E-state index is 4.96. The van der Waals surface area contributed by atoms with Crippen LogP contribution >= 0.6 is 12.4 Å². The van der Waals surface area contributed by atoms with Crippen LogP contribution in [0.3, 0.4) is 0 Å². The molecule has 1 saturated heterocycles. The van der Waals surface area contributed by atoms with Gasteiger partial charge in [-0.1, -0.05) is 44.2 Å². The van der Waals surface area contributed by atoms with Gasteiger partial charge in [0.2, 0.25) is 0 Å². The smallest absolute Gasteiger partial charge is 0.137 e. The van der Waals surface area contributed by atoms with Crippen molar-refractivity contribution in [2.75, 3.05) is 13.1 Å². The van der Waals surface area contributed by atoms with Gasteiger partial charge in [0, 0.05) is 53.0 Å². The van der Waals surface area contributed by atoms with Gasteiger partial charge < -0.3 is 10.3 Å². The van der Waals surface area contributed by atoms with E-state index in [2.05, 4.69) is 77.5 Å². The number of nitrogens with one attached hydrogen (secondary N) is 2. The molecular formula is C25H28ClN5. The highest BCUT2D eigenvalue weighted by atomic mass is 35.5. The highest BCUT2D eigenvalue weighted by Crippen LogP contribution is 2.42. The number of halogens is 1. The van der Waals surface area contributed by atoms with Crippen LogP contribution in [0.4, 0.5) is 0 Å². The molecule has 0 amide bonds. The number of fused-ring (bicyclic) bond motifs is 3. The van der Waals surface area contributed by atoms with Gasteiger partial charge in [0.25, 0.3) is 0 Å². The van der Waals surface area contributed by atoms with Crippen LogP contribution in [0.5, 0.6) is 0 Å². The average Bonchev–Trinajstić information content (AvgIpc) is 3.54. The summed E-state index contributed by atoms with van der Waals surface area (Å²) in [5.74, 6) is 0. The fourth-order valence-electron chi connectivity index (χ4n) is 5.45. The minimum absolute atomic E-state index is 0. The van der Waals surface area contributed by atoms with Crippen molar-refractivity contribution in [2.45, 2.75) is 44.1 Å². The summed E-state index contributed by atoms with van der Waals surface area (Å²) in [4.78, 5) is 8.12. The molecule has 5 nitrogen and oxygen atoms in total. The summed E-state index contributed by atoms with van der Waals surface area (Å²) in [6.45, 7) is 7.75. The van der Waals surface area contributed by atoms with Gasteiger partial charge in [-0.05, 0) is 42.6 Å². The molecule has 1 atom stereocenters. The molecule has 2 aliphatic heterocycles. The molecule has 0 radical (unpaired) electrons. The summed E-state index contributed by atoms with van der Waals surface area (Å²) >= 11 is 0. The summed E-state index contributed by atoms with van der Waals surface area (Å²) in [5.41, 5.74) is 7.18. The van der Waals surface area contributed by atoms with E-state index >= 15 is 0 Å². The molecule has 160 valence electrons. The summed E-state index contributed by atoms with van der Waals surface area (Å²) in [5, 5.41) is 9.68. The summed E-state index contributed by atoms with van der Waals surface area (Å²) in [6, 6.07) is 15.2. The molecule has 1 unspecified atom stereocenters. The third kappa shape index (κ3) is 3.02. The molecule has 1 fully saturated rings. The Morgan fingerprint density at radius 1 is 1.10 bits per heavy atom. The van der Waals surface area contributed by atoms with Crippen LogP contribution in [-0.4, -0.2) is 32.8 Å². The lowest BCUT2D eigenvalue weighted by molar-refractivity contribution is 0.467. The number of rotatable bonds is 3.